The number of nitrogen functional groups attached to an aromatic ring is 1. The molecule has 0 aromatic carbocycles. The second kappa shape index (κ2) is 5.77. The van der Waals surface area contributed by atoms with Gasteiger partial charge in [-0.3, -0.25) is 0 Å². The molecule has 6 heteroatoms. The number of halogens is 2. The van der Waals surface area contributed by atoms with E-state index < -0.39 is 11.6 Å². The SMILES string of the molecule is CC(C)CCN(C)c1nc(NN)c(F)cc1F. The van der Waals surface area contributed by atoms with Gasteiger partial charge in [-0.05, 0) is 12.3 Å². The van der Waals surface area contributed by atoms with Gasteiger partial charge in [0.2, 0.25) is 0 Å². The number of nitrogens with one attached hydrogen (secondary N) is 1. The number of pyridine rings is 1. The van der Waals surface area contributed by atoms with Gasteiger partial charge in [-0.15, -0.1) is 0 Å². The average molecular weight is 244 g/mol. The van der Waals surface area contributed by atoms with E-state index in [0.717, 1.165) is 12.5 Å². The number of hydrazine groups is 1. The molecule has 1 aromatic rings. The fourth-order valence-electron chi connectivity index (χ4n) is 1.38. The molecule has 3 N–H and O–H groups in total. The molecule has 17 heavy (non-hydrogen) atoms. The van der Waals surface area contributed by atoms with Crippen LogP contribution in [-0.4, -0.2) is 18.6 Å². The van der Waals surface area contributed by atoms with Crippen LogP contribution < -0.4 is 16.2 Å². The Labute approximate surface area is 99.8 Å². The van der Waals surface area contributed by atoms with E-state index in [4.69, 9.17) is 5.84 Å². The molecular formula is C11H18F2N4. The summed E-state index contributed by atoms with van der Waals surface area (Å²) in [4.78, 5) is 5.46. The minimum atomic E-state index is -0.800. The van der Waals surface area contributed by atoms with E-state index in [1.54, 1.807) is 11.9 Å². The molecule has 1 aromatic heterocycles. The van der Waals surface area contributed by atoms with E-state index in [1.807, 2.05) is 0 Å². The first-order valence-corrected chi connectivity index (χ1v) is 5.49. The molecule has 0 radical (unpaired) electrons. The molecule has 0 bridgehead atoms. The van der Waals surface area contributed by atoms with Gasteiger partial charge in [-0.25, -0.2) is 19.6 Å². The van der Waals surface area contributed by atoms with Crippen LogP contribution in [-0.2, 0) is 0 Å². The molecule has 0 unspecified atom stereocenters. The normalized spacial score (nSPS) is 10.8. The lowest BCUT2D eigenvalue weighted by Gasteiger charge is -2.20. The Morgan fingerprint density at radius 2 is 2.06 bits per heavy atom. The van der Waals surface area contributed by atoms with Gasteiger partial charge in [0.1, 0.15) is 0 Å². The predicted octanol–water partition coefficient (Wildman–Crippen LogP) is 2.13. The molecule has 0 saturated carbocycles. The summed E-state index contributed by atoms with van der Waals surface area (Å²) in [5.74, 6) is 4.06. The molecule has 0 amide bonds. The molecule has 0 fully saturated rings. The summed E-state index contributed by atoms with van der Waals surface area (Å²) in [5, 5.41) is 0. The minimum absolute atomic E-state index is 0.0972. The first-order chi connectivity index (χ1) is 7.95. The average Bonchev–Trinajstić information content (AvgIpc) is 2.26. The third-order valence-corrected chi connectivity index (χ3v) is 2.45. The highest BCUT2D eigenvalue weighted by Gasteiger charge is 2.14. The largest absolute Gasteiger partial charge is 0.357 e. The Bertz CT molecular complexity index is 382. The fraction of sp³-hybridized carbons (Fsp3) is 0.545. The molecule has 1 heterocycles. The highest BCUT2D eigenvalue weighted by Crippen LogP contribution is 2.21. The van der Waals surface area contributed by atoms with Crippen LogP contribution in [0.5, 0.6) is 0 Å². The number of hydrogen-bond acceptors (Lipinski definition) is 4. The smallest absolute Gasteiger partial charge is 0.178 e. The van der Waals surface area contributed by atoms with Crippen molar-refractivity contribution in [1.82, 2.24) is 4.98 Å². The number of aromatic nitrogens is 1. The van der Waals surface area contributed by atoms with E-state index in [2.05, 4.69) is 24.3 Å². The van der Waals surface area contributed by atoms with Gasteiger partial charge < -0.3 is 10.3 Å². The van der Waals surface area contributed by atoms with Crippen molar-refractivity contribution in [3.8, 4) is 0 Å². The van der Waals surface area contributed by atoms with Crippen molar-refractivity contribution in [3.05, 3.63) is 17.7 Å². The molecule has 0 atom stereocenters. The van der Waals surface area contributed by atoms with E-state index in [-0.39, 0.29) is 11.6 Å². The predicted molar refractivity (Wildman–Crippen MR) is 64.7 cm³/mol. The first kappa shape index (κ1) is 13.6. The van der Waals surface area contributed by atoms with Crippen molar-refractivity contribution in [2.75, 3.05) is 23.9 Å². The van der Waals surface area contributed by atoms with Crippen molar-refractivity contribution in [2.45, 2.75) is 20.3 Å². The molecule has 0 saturated heterocycles. The highest BCUT2D eigenvalue weighted by molar-refractivity contribution is 5.48. The van der Waals surface area contributed by atoms with Gasteiger partial charge in [0, 0.05) is 19.7 Å². The third-order valence-electron chi connectivity index (χ3n) is 2.45. The Morgan fingerprint density at radius 3 is 2.59 bits per heavy atom. The zero-order chi connectivity index (χ0) is 13.0. The number of rotatable bonds is 5. The van der Waals surface area contributed by atoms with Crippen molar-refractivity contribution >= 4 is 11.6 Å². The number of nitrogens with zero attached hydrogens (tertiary/aromatic N) is 2. The van der Waals surface area contributed by atoms with Crippen LogP contribution in [0, 0.1) is 17.6 Å². The molecule has 1 rings (SSSR count). The minimum Gasteiger partial charge on any atom is -0.357 e. The van der Waals surface area contributed by atoms with E-state index in [1.165, 1.54) is 0 Å². The van der Waals surface area contributed by atoms with Crippen LogP contribution in [0.4, 0.5) is 20.4 Å². The van der Waals surface area contributed by atoms with Crippen molar-refractivity contribution in [3.63, 3.8) is 0 Å². The molecule has 4 nitrogen and oxygen atoms in total. The van der Waals surface area contributed by atoms with Gasteiger partial charge >= 0.3 is 0 Å². The highest BCUT2D eigenvalue weighted by atomic mass is 19.1. The van der Waals surface area contributed by atoms with Gasteiger partial charge in [0.05, 0.1) is 0 Å². The zero-order valence-corrected chi connectivity index (χ0v) is 10.3. The monoisotopic (exact) mass is 244 g/mol. The quantitative estimate of drug-likeness (QED) is 0.615. The van der Waals surface area contributed by atoms with E-state index in [0.29, 0.717) is 12.5 Å². The van der Waals surface area contributed by atoms with Gasteiger partial charge in [0.15, 0.2) is 23.3 Å². The van der Waals surface area contributed by atoms with Crippen LogP contribution in [0.15, 0.2) is 6.07 Å². The second-order valence-electron chi connectivity index (χ2n) is 4.37. The summed E-state index contributed by atoms with van der Waals surface area (Å²) in [7, 11) is 1.71. The molecule has 0 spiro atoms. The van der Waals surface area contributed by atoms with Crippen LogP contribution in [0.25, 0.3) is 0 Å². The van der Waals surface area contributed by atoms with E-state index in [9.17, 15) is 8.78 Å². The maximum atomic E-state index is 13.5. The lowest BCUT2D eigenvalue weighted by molar-refractivity contribution is 0.556. The van der Waals surface area contributed by atoms with Gasteiger partial charge in [-0.2, -0.15) is 0 Å². The summed E-state index contributed by atoms with van der Waals surface area (Å²) in [6, 6.07) is 0.781. The van der Waals surface area contributed by atoms with Gasteiger partial charge in [0.25, 0.3) is 0 Å². The summed E-state index contributed by atoms with van der Waals surface area (Å²) < 4.78 is 26.7. The first-order valence-electron chi connectivity index (χ1n) is 5.49. The molecular weight excluding hydrogens is 226 g/mol. The zero-order valence-electron chi connectivity index (χ0n) is 10.3. The maximum Gasteiger partial charge on any atom is 0.178 e. The summed E-state index contributed by atoms with van der Waals surface area (Å²) in [6.45, 7) is 4.81. The van der Waals surface area contributed by atoms with Crippen LogP contribution in [0.2, 0.25) is 0 Å². The summed E-state index contributed by atoms with van der Waals surface area (Å²) in [5.41, 5.74) is 2.10. The lowest BCUT2D eigenvalue weighted by Crippen LogP contribution is -2.23. The van der Waals surface area contributed by atoms with Gasteiger partial charge in [-0.1, -0.05) is 13.8 Å². The Morgan fingerprint density at radius 1 is 1.41 bits per heavy atom. The topological polar surface area (TPSA) is 54.2 Å². The second-order valence-corrected chi connectivity index (χ2v) is 4.37. The van der Waals surface area contributed by atoms with Crippen molar-refractivity contribution in [2.24, 2.45) is 11.8 Å². The standard InChI is InChI=1S/C11H18F2N4/c1-7(2)4-5-17(3)11-9(13)6-8(12)10(15-11)16-14/h6-7H,4-5,14H2,1-3H3,(H,15,16). The molecule has 96 valence electrons. The summed E-state index contributed by atoms with van der Waals surface area (Å²) in [6.07, 6.45) is 0.903. The van der Waals surface area contributed by atoms with Crippen molar-refractivity contribution in [1.29, 1.82) is 0 Å². The Kier molecular flexibility index (Phi) is 4.62. The fourth-order valence-corrected chi connectivity index (χ4v) is 1.38. The van der Waals surface area contributed by atoms with Crippen molar-refractivity contribution < 1.29 is 8.78 Å². The van der Waals surface area contributed by atoms with E-state index >= 15 is 0 Å². The summed E-state index contributed by atoms with van der Waals surface area (Å²) >= 11 is 0. The Hall–Kier alpha value is -1.43. The number of anilines is 2. The number of nitrogens with two attached hydrogens (primary N) is 1. The Balaban J connectivity index is 2.89. The van der Waals surface area contributed by atoms with Crippen LogP contribution >= 0.6 is 0 Å². The molecule has 0 aliphatic carbocycles. The van der Waals surface area contributed by atoms with Crippen LogP contribution in [0.3, 0.4) is 0 Å². The third kappa shape index (κ3) is 3.52. The molecule has 0 aliphatic rings. The maximum absolute atomic E-state index is 13.5. The van der Waals surface area contributed by atoms with Crippen LogP contribution in [0.1, 0.15) is 20.3 Å². The lowest BCUT2D eigenvalue weighted by atomic mass is 10.1. The molecule has 0 aliphatic heterocycles. The number of hydrogen-bond donors (Lipinski definition) is 2.